The Balaban J connectivity index is 1.69. The third-order valence-corrected chi connectivity index (χ3v) is 9.80. The van der Waals surface area contributed by atoms with Crippen molar-refractivity contribution in [2.75, 3.05) is 24.9 Å². The zero-order valence-corrected chi connectivity index (χ0v) is 22.5. The third kappa shape index (κ3) is 3.77. The molecule has 36 heavy (non-hydrogen) atoms. The van der Waals surface area contributed by atoms with Gasteiger partial charge in [-0.05, 0) is 85.3 Å². The lowest BCUT2D eigenvalue weighted by molar-refractivity contribution is -0.182. The van der Waals surface area contributed by atoms with Gasteiger partial charge in [0.1, 0.15) is 0 Å². The summed E-state index contributed by atoms with van der Waals surface area (Å²) in [6.07, 6.45) is 7.13. The molecule has 192 valence electrons. The lowest BCUT2D eigenvalue weighted by Crippen LogP contribution is -2.58. The lowest BCUT2D eigenvalue weighted by atomic mass is 9.50. The molecule has 4 aliphatic rings. The number of rotatable bonds is 5. The molecular weight excluding hydrogens is 474 g/mol. The predicted molar refractivity (Wildman–Crippen MR) is 141 cm³/mol. The number of ether oxygens (including phenoxy) is 1. The average Bonchev–Trinajstić information content (AvgIpc) is 3.14. The van der Waals surface area contributed by atoms with Gasteiger partial charge in [-0.3, -0.25) is 14.4 Å². The molecule has 0 N–H and O–H groups in total. The van der Waals surface area contributed by atoms with Crippen LogP contribution in [0.3, 0.4) is 0 Å². The number of carbonyl (C=O) groups is 3. The highest BCUT2D eigenvalue weighted by Gasteiger charge is 2.67. The molecule has 0 aliphatic heterocycles. The number of hydrogen-bond acceptors (Lipinski definition) is 5. The van der Waals surface area contributed by atoms with Gasteiger partial charge in [0.2, 0.25) is 0 Å². The number of allylic oxidation sites excluding steroid dienone is 4. The number of carbonyl (C=O) groups excluding carboxylic acids is 3. The van der Waals surface area contributed by atoms with Crippen LogP contribution in [-0.4, -0.2) is 43.1 Å². The van der Waals surface area contributed by atoms with E-state index >= 15 is 0 Å². The smallest absolute Gasteiger partial charge is 0.303 e. The number of anilines is 1. The molecule has 5 nitrogen and oxygen atoms in total. The Bertz CT molecular complexity index is 1170. The van der Waals surface area contributed by atoms with Gasteiger partial charge in [-0.2, -0.15) is 0 Å². The van der Waals surface area contributed by atoms with Crippen molar-refractivity contribution in [3.8, 4) is 0 Å². The fraction of sp³-hybridized carbons (Fsp3) is 0.567. The van der Waals surface area contributed by atoms with Crippen LogP contribution >= 0.6 is 11.6 Å². The van der Waals surface area contributed by atoms with Crippen LogP contribution in [0.2, 0.25) is 0 Å². The Morgan fingerprint density at radius 3 is 2.47 bits per heavy atom. The fourth-order valence-corrected chi connectivity index (χ4v) is 8.20. The van der Waals surface area contributed by atoms with E-state index in [0.29, 0.717) is 25.2 Å². The zero-order chi connectivity index (χ0) is 25.8. The van der Waals surface area contributed by atoms with Crippen molar-refractivity contribution in [1.29, 1.82) is 0 Å². The van der Waals surface area contributed by atoms with E-state index in [2.05, 4.69) is 36.1 Å². The minimum absolute atomic E-state index is 0.0931. The molecule has 1 unspecified atom stereocenters. The summed E-state index contributed by atoms with van der Waals surface area (Å²) in [6, 6.07) is 8.69. The van der Waals surface area contributed by atoms with E-state index in [4.69, 9.17) is 16.3 Å². The first kappa shape index (κ1) is 25.3. The zero-order valence-electron chi connectivity index (χ0n) is 21.7. The monoisotopic (exact) mass is 509 g/mol. The number of halogens is 1. The molecule has 1 aromatic carbocycles. The molecule has 0 amide bonds. The number of nitrogens with zero attached hydrogens (tertiary/aromatic N) is 1. The summed E-state index contributed by atoms with van der Waals surface area (Å²) in [5, 5.41) is 0. The minimum Gasteiger partial charge on any atom is -0.451 e. The molecule has 2 saturated carbocycles. The van der Waals surface area contributed by atoms with Gasteiger partial charge in [-0.1, -0.05) is 24.6 Å². The first-order chi connectivity index (χ1) is 17.1. The lowest BCUT2D eigenvalue weighted by Gasteiger charge is -2.55. The van der Waals surface area contributed by atoms with Crippen molar-refractivity contribution in [1.82, 2.24) is 0 Å². The van der Waals surface area contributed by atoms with Crippen molar-refractivity contribution in [2.24, 2.45) is 17.3 Å². The average molecular weight is 510 g/mol. The quantitative estimate of drug-likeness (QED) is 0.373. The summed E-state index contributed by atoms with van der Waals surface area (Å²) in [7, 11) is 4.06. The van der Waals surface area contributed by atoms with Crippen molar-refractivity contribution in [3.05, 3.63) is 52.6 Å². The molecule has 5 rings (SSSR count). The van der Waals surface area contributed by atoms with Crippen molar-refractivity contribution >= 4 is 34.8 Å². The van der Waals surface area contributed by atoms with E-state index in [-0.39, 0.29) is 29.3 Å². The van der Waals surface area contributed by atoms with Crippen LogP contribution in [0.5, 0.6) is 0 Å². The fourth-order valence-electron chi connectivity index (χ4n) is 7.99. The molecule has 6 heteroatoms. The van der Waals surface area contributed by atoms with E-state index in [1.54, 1.807) is 0 Å². The van der Waals surface area contributed by atoms with Gasteiger partial charge in [0, 0.05) is 44.5 Å². The maximum absolute atomic E-state index is 13.4. The van der Waals surface area contributed by atoms with E-state index in [1.807, 2.05) is 20.2 Å². The Kier molecular flexibility index (Phi) is 6.43. The molecule has 0 saturated heterocycles. The van der Waals surface area contributed by atoms with Gasteiger partial charge in [0.25, 0.3) is 0 Å². The summed E-state index contributed by atoms with van der Waals surface area (Å²) >= 11 is 6.15. The number of hydrogen-bond donors (Lipinski definition) is 0. The van der Waals surface area contributed by atoms with Crippen LogP contribution in [0.1, 0.15) is 70.3 Å². The first-order valence-corrected chi connectivity index (χ1v) is 13.7. The Hall–Kier alpha value is -2.40. The van der Waals surface area contributed by atoms with Crippen LogP contribution in [0, 0.1) is 17.3 Å². The second kappa shape index (κ2) is 9.16. The standard InChI is InChI=1S/C30H36ClNO4/c1-18(33)36-30(27(35)17-31)14-13-26-24-11-7-20-15-22(34)10-12-23(20)28(24)25(16-29(26,30)2)19-5-8-21(9-6-19)32(3)4/h5-6,8-9,15,24-26H,7,10-14,16-17H2,1-4H3/t24-,25?,26-,29-,30-/m0/s1. The molecule has 4 aliphatic carbocycles. The topological polar surface area (TPSA) is 63.7 Å². The normalized spacial score (nSPS) is 33.3. The van der Waals surface area contributed by atoms with Crippen LogP contribution in [-0.2, 0) is 19.1 Å². The first-order valence-electron chi connectivity index (χ1n) is 13.1. The predicted octanol–water partition coefficient (Wildman–Crippen LogP) is 5.76. The van der Waals surface area contributed by atoms with Gasteiger partial charge in [0.05, 0.1) is 5.88 Å². The number of fused-ring (bicyclic) bond motifs is 4. The highest BCUT2D eigenvalue weighted by Crippen LogP contribution is 2.67. The van der Waals surface area contributed by atoms with Gasteiger partial charge >= 0.3 is 5.97 Å². The third-order valence-electron chi connectivity index (χ3n) is 9.56. The summed E-state index contributed by atoms with van der Waals surface area (Å²) in [4.78, 5) is 40.1. The van der Waals surface area contributed by atoms with Crippen molar-refractivity contribution in [3.63, 3.8) is 0 Å². The summed E-state index contributed by atoms with van der Waals surface area (Å²) in [5.41, 5.74) is 4.66. The summed E-state index contributed by atoms with van der Waals surface area (Å²) < 4.78 is 6.01. The van der Waals surface area contributed by atoms with Gasteiger partial charge in [0.15, 0.2) is 17.2 Å². The minimum atomic E-state index is -1.19. The summed E-state index contributed by atoms with van der Waals surface area (Å²) in [6.45, 7) is 3.56. The van der Waals surface area contributed by atoms with E-state index < -0.39 is 17.0 Å². The van der Waals surface area contributed by atoms with Crippen LogP contribution in [0.15, 0.2) is 47.1 Å². The SMILES string of the molecule is CC(=O)O[C@]1(C(=O)CCl)CC[C@H]2[C@@H]3CCC4=CC(=O)CCC4=C3C(c3ccc(N(C)C)cc3)C[C@@]21C. The number of Topliss-reactive ketones (excluding diaryl/α,β-unsaturated/α-hetero) is 1. The molecular formula is C30H36ClNO4. The van der Waals surface area contributed by atoms with E-state index in [0.717, 1.165) is 31.4 Å². The van der Waals surface area contributed by atoms with Crippen LogP contribution in [0.4, 0.5) is 5.69 Å². The largest absolute Gasteiger partial charge is 0.451 e. The molecule has 0 radical (unpaired) electrons. The van der Waals surface area contributed by atoms with Crippen molar-refractivity contribution < 1.29 is 19.1 Å². The number of benzene rings is 1. The molecule has 0 bridgehead atoms. The molecule has 1 aromatic rings. The Labute approximate surface area is 218 Å². The molecule has 0 spiro atoms. The van der Waals surface area contributed by atoms with Crippen molar-refractivity contribution in [2.45, 2.75) is 70.3 Å². The Morgan fingerprint density at radius 1 is 1.11 bits per heavy atom. The Morgan fingerprint density at radius 2 is 1.83 bits per heavy atom. The van der Waals surface area contributed by atoms with Gasteiger partial charge < -0.3 is 9.64 Å². The molecule has 2 fully saturated rings. The molecule has 5 atom stereocenters. The van der Waals surface area contributed by atoms with Gasteiger partial charge in [-0.15, -0.1) is 11.6 Å². The highest BCUT2D eigenvalue weighted by atomic mass is 35.5. The molecule has 0 heterocycles. The van der Waals surface area contributed by atoms with Gasteiger partial charge in [-0.25, -0.2) is 0 Å². The maximum atomic E-state index is 13.4. The van der Waals surface area contributed by atoms with E-state index in [1.165, 1.54) is 29.2 Å². The number of ketones is 2. The number of alkyl halides is 1. The summed E-state index contributed by atoms with van der Waals surface area (Å²) in [5.74, 6) is 0.0724. The van der Waals surface area contributed by atoms with Crippen LogP contribution < -0.4 is 4.90 Å². The highest BCUT2D eigenvalue weighted by molar-refractivity contribution is 6.29. The molecule has 0 aromatic heterocycles. The number of esters is 1. The van der Waals surface area contributed by atoms with E-state index in [9.17, 15) is 14.4 Å². The second-order valence-corrected chi connectivity index (χ2v) is 11.8. The maximum Gasteiger partial charge on any atom is 0.303 e. The van der Waals surface area contributed by atoms with Crippen LogP contribution in [0.25, 0.3) is 0 Å². The second-order valence-electron chi connectivity index (χ2n) is 11.5.